The Hall–Kier alpha value is -1.71. The normalized spacial score (nSPS) is 44.4. The molecule has 1 aliphatic heterocycles. The number of rotatable bonds is 4. The zero-order valence-corrected chi connectivity index (χ0v) is 21.4. The maximum absolute atomic E-state index is 13.5. The Morgan fingerprint density at radius 2 is 2.17 bits per heavy atom. The molecular weight excluding hydrogens is 464 g/mol. The van der Waals surface area contributed by atoms with Gasteiger partial charge in [-0.2, -0.15) is 5.06 Å². The lowest BCUT2D eigenvalue weighted by molar-refractivity contribution is -0.253. The second kappa shape index (κ2) is 7.89. The number of thiazole rings is 1. The monoisotopic (exact) mass is 498 g/mol. The lowest BCUT2D eigenvalue weighted by Crippen LogP contribution is -2.63. The molecule has 8 atom stereocenters. The molecule has 1 saturated heterocycles. The molecule has 0 bridgehead atoms. The van der Waals surface area contributed by atoms with E-state index in [1.807, 2.05) is 23.4 Å². The molecule has 1 aromatic heterocycles. The number of hydroxylamine groups is 2. The first-order valence-corrected chi connectivity index (χ1v) is 13.6. The van der Waals surface area contributed by atoms with Crippen LogP contribution in [0.1, 0.15) is 50.2 Å². The zero-order chi connectivity index (χ0) is 24.8. The SMILES string of the molecule is Cc1csc(CN2C[C@@H]3C[C@H]4[C@@H]5CC=C6CC(=O)C=C[C@]6(C)[C@H]5[C@@H](O)C[C@]4(C)[C@]3(C(=O)CO)O2)n1. The lowest BCUT2D eigenvalue weighted by Gasteiger charge is -2.59. The van der Waals surface area contributed by atoms with Gasteiger partial charge in [-0.3, -0.25) is 14.4 Å². The molecule has 0 aromatic carbocycles. The minimum Gasteiger partial charge on any atom is -0.393 e. The number of hydrogen-bond donors (Lipinski definition) is 2. The number of Topliss-reactive ketones (excluding diaryl/α,β-unsaturated/α-hetero) is 1. The fraction of sp³-hybridized carbons (Fsp3) is 0.667. The largest absolute Gasteiger partial charge is 0.393 e. The fourth-order valence-electron chi connectivity index (χ4n) is 8.69. The summed E-state index contributed by atoms with van der Waals surface area (Å²) in [7, 11) is 0. The predicted molar refractivity (Wildman–Crippen MR) is 130 cm³/mol. The second-order valence-corrected chi connectivity index (χ2v) is 12.7. The molecule has 2 saturated carbocycles. The van der Waals surface area contributed by atoms with Gasteiger partial charge >= 0.3 is 0 Å². The van der Waals surface area contributed by atoms with Crippen LogP contribution < -0.4 is 0 Å². The zero-order valence-electron chi connectivity index (χ0n) is 20.6. The molecule has 6 rings (SSSR count). The average molecular weight is 499 g/mol. The van der Waals surface area contributed by atoms with Crippen molar-refractivity contribution in [2.75, 3.05) is 13.2 Å². The number of aryl methyl sites for hydroxylation is 1. The van der Waals surface area contributed by atoms with Crippen LogP contribution in [0.5, 0.6) is 0 Å². The number of carbonyl (C=O) groups is 2. The fourth-order valence-corrected chi connectivity index (χ4v) is 9.46. The van der Waals surface area contributed by atoms with E-state index < -0.39 is 23.7 Å². The predicted octanol–water partition coefficient (Wildman–Crippen LogP) is 3.00. The standard InChI is InChI=1S/C27H34N2O5S/c1-15-14-35-23(28-15)12-29-11-17-9-20-19-5-4-16-8-18(31)6-7-25(16,2)24(19)21(32)10-26(20,3)27(17,34-29)22(33)13-30/h4,6-7,14,17,19-21,24,30,32H,5,8-13H2,1-3H3/t17-,19-,20-,21-,24+,25-,26-,27-/m0/s1. The smallest absolute Gasteiger partial charge is 0.192 e. The first-order valence-electron chi connectivity index (χ1n) is 12.7. The van der Waals surface area contributed by atoms with Gasteiger partial charge in [0, 0.05) is 46.7 Å². The van der Waals surface area contributed by atoms with Crippen molar-refractivity contribution in [1.82, 2.24) is 10.0 Å². The van der Waals surface area contributed by atoms with Crippen molar-refractivity contribution in [3.05, 3.63) is 39.9 Å². The molecule has 0 amide bonds. The van der Waals surface area contributed by atoms with E-state index in [-0.39, 0.29) is 40.7 Å². The number of hydrogen-bond acceptors (Lipinski definition) is 8. The highest BCUT2D eigenvalue weighted by atomic mass is 32.1. The van der Waals surface area contributed by atoms with E-state index in [0.717, 1.165) is 29.1 Å². The summed E-state index contributed by atoms with van der Waals surface area (Å²) in [6.07, 6.45) is 7.76. The molecule has 1 aromatic rings. The van der Waals surface area contributed by atoms with Gasteiger partial charge in [0.05, 0.1) is 12.6 Å². The van der Waals surface area contributed by atoms with Gasteiger partial charge in [-0.1, -0.05) is 31.6 Å². The van der Waals surface area contributed by atoms with Gasteiger partial charge in [0.2, 0.25) is 0 Å². The number of carbonyl (C=O) groups excluding carboxylic acids is 2. The molecular formula is C27H34N2O5S. The molecule has 0 radical (unpaired) electrons. The third-order valence-electron chi connectivity index (χ3n) is 10.0. The summed E-state index contributed by atoms with van der Waals surface area (Å²) < 4.78 is 0. The Morgan fingerprint density at radius 3 is 2.89 bits per heavy atom. The van der Waals surface area contributed by atoms with Crippen LogP contribution in [0.4, 0.5) is 0 Å². The Kier molecular flexibility index (Phi) is 5.34. The van der Waals surface area contributed by atoms with Crippen LogP contribution in [0.3, 0.4) is 0 Å². The van der Waals surface area contributed by atoms with Gasteiger partial charge in [-0.05, 0) is 44.1 Å². The van der Waals surface area contributed by atoms with Crippen LogP contribution in [0.25, 0.3) is 0 Å². The highest BCUT2D eigenvalue weighted by molar-refractivity contribution is 7.09. The van der Waals surface area contributed by atoms with Gasteiger partial charge in [0.1, 0.15) is 11.6 Å². The van der Waals surface area contributed by atoms with Gasteiger partial charge in [0.15, 0.2) is 17.2 Å². The Balaban J connectivity index is 1.36. The van der Waals surface area contributed by atoms with Gasteiger partial charge < -0.3 is 10.2 Å². The van der Waals surface area contributed by atoms with Gasteiger partial charge in [-0.25, -0.2) is 4.98 Å². The van der Waals surface area contributed by atoms with Crippen LogP contribution in [-0.4, -0.2) is 56.7 Å². The third kappa shape index (κ3) is 3.13. The molecule has 2 heterocycles. The Labute approximate surface area is 209 Å². The molecule has 8 heteroatoms. The highest BCUT2D eigenvalue weighted by Gasteiger charge is 2.75. The summed E-state index contributed by atoms with van der Waals surface area (Å²) in [5, 5.41) is 26.6. The van der Waals surface area contributed by atoms with Crippen molar-refractivity contribution in [3.8, 4) is 0 Å². The maximum Gasteiger partial charge on any atom is 0.192 e. The van der Waals surface area contributed by atoms with E-state index in [2.05, 4.69) is 24.9 Å². The number of aliphatic hydroxyl groups excluding tert-OH is 2. The van der Waals surface area contributed by atoms with E-state index in [9.17, 15) is 19.8 Å². The van der Waals surface area contributed by atoms with Crippen LogP contribution >= 0.6 is 11.3 Å². The van der Waals surface area contributed by atoms with E-state index in [1.54, 1.807) is 17.4 Å². The number of allylic oxidation sites excluding steroid dienone is 4. The van der Waals surface area contributed by atoms with Crippen molar-refractivity contribution in [2.24, 2.45) is 34.5 Å². The first-order chi connectivity index (χ1) is 16.6. The minimum absolute atomic E-state index is 0.000530. The number of aliphatic hydroxyl groups is 2. The average Bonchev–Trinajstić information content (AvgIpc) is 3.45. The van der Waals surface area contributed by atoms with Crippen LogP contribution in [0.15, 0.2) is 29.2 Å². The molecule has 5 aliphatic rings. The van der Waals surface area contributed by atoms with Crippen molar-refractivity contribution in [1.29, 1.82) is 0 Å². The molecule has 188 valence electrons. The number of aromatic nitrogens is 1. The van der Waals surface area contributed by atoms with E-state index in [1.165, 1.54) is 0 Å². The summed E-state index contributed by atoms with van der Waals surface area (Å²) in [6.45, 7) is 6.76. The van der Waals surface area contributed by atoms with Crippen molar-refractivity contribution >= 4 is 22.9 Å². The summed E-state index contributed by atoms with van der Waals surface area (Å²) >= 11 is 1.58. The lowest BCUT2D eigenvalue weighted by atomic mass is 9.47. The van der Waals surface area contributed by atoms with E-state index in [4.69, 9.17) is 4.84 Å². The quantitative estimate of drug-likeness (QED) is 0.616. The van der Waals surface area contributed by atoms with Gasteiger partial charge in [-0.15, -0.1) is 11.3 Å². The van der Waals surface area contributed by atoms with E-state index in [0.29, 0.717) is 25.9 Å². The number of fused-ring (bicyclic) bond motifs is 7. The van der Waals surface area contributed by atoms with Gasteiger partial charge in [0.25, 0.3) is 0 Å². The summed E-state index contributed by atoms with van der Waals surface area (Å²) in [6, 6.07) is 0. The number of ketones is 2. The highest BCUT2D eigenvalue weighted by Crippen LogP contribution is 2.70. The van der Waals surface area contributed by atoms with Crippen LogP contribution in [0, 0.1) is 41.4 Å². The summed E-state index contributed by atoms with van der Waals surface area (Å²) in [4.78, 5) is 36.8. The minimum atomic E-state index is -1.14. The molecule has 3 fully saturated rings. The molecule has 0 unspecified atom stereocenters. The van der Waals surface area contributed by atoms with Crippen molar-refractivity contribution in [3.63, 3.8) is 0 Å². The first kappa shape index (κ1) is 23.7. The van der Waals surface area contributed by atoms with Crippen LogP contribution in [-0.2, 0) is 21.0 Å². The molecule has 4 aliphatic carbocycles. The second-order valence-electron chi connectivity index (χ2n) is 11.8. The van der Waals surface area contributed by atoms with Crippen molar-refractivity contribution < 1.29 is 24.6 Å². The summed E-state index contributed by atoms with van der Waals surface area (Å²) in [5.74, 6) is 0.154. The molecule has 35 heavy (non-hydrogen) atoms. The Bertz CT molecular complexity index is 1140. The molecule has 0 spiro atoms. The topological polar surface area (TPSA) is 100.0 Å². The molecule has 2 N–H and O–H groups in total. The van der Waals surface area contributed by atoms with Crippen LogP contribution in [0.2, 0.25) is 0 Å². The van der Waals surface area contributed by atoms with E-state index >= 15 is 0 Å². The summed E-state index contributed by atoms with van der Waals surface area (Å²) in [5.41, 5.74) is -0.000770. The maximum atomic E-state index is 13.5. The third-order valence-corrected chi connectivity index (χ3v) is 11.0. The van der Waals surface area contributed by atoms with Crippen molar-refractivity contribution in [2.45, 2.75) is 64.7 Å². The number of nitrogens with zero attached hydrogens (tertiary/aromatic N) is 2. The molecule has 7 nitrogen and oxygen atoms in total. The Morgan fingerprint density at radius 1 is 1.37 bits per heavy atom.